The number of amides is 1. The van der Waals surface area contributed by atoms with Crippen molar-refractivity contribution in [1.29, 1.82) is 0 Å². The van der Waals surface area contributed by atoms with Crippen molar-refractivity contribution in [3.63, 3.8) is 0 Å². The van der Waals surface area contributed by atoms with Gasteiger partial charge in [0.2, 0.25) is 5.91 Å². The molecule has 0 saturated heterocycles. The first-order chi connectivity index (χ1) is 12.9. The molecule has 0 aliphatic carbocycles. The largest absolute Gasteiger partial charge is 0.493 e. The van der Waals surface area contributed by atoms with Crippen LogP contribution in [0.2, 0.25) is 0 Å². The van der Waals surface area contributed by atoms with Gasteiger partial charge >= 0.3 is 0 Å². The fourth-order valence-corrected chi connectivity index (χ4v) is 3.39. The summed E-state index contributed by atoms with van der Waals surface area (Å²) in [6.45, 7) is 2.67. The Morgan fingerprint density at radius 3 is 2.44 bits per heavy atom. The van der Waals surface area contributed by atoms with E-state index in [1.165, 1.54) is 6.07 Å². The van der Waals surface area contributed by atoms with E-state index in [9.17, 15) is 13.6 Å². The lowest BCUT2D eigenvalue weighted by atomic mass is 9.93. The minimum Gasteiger partial charge on any atom is -0.493 e. The van der Waals surface area contributed by atoms with E-state index in [1.807, 2.05) is 24.0 Å². The molecule has 0 saturated carbocycles. The molecule has 5 nitrogen and oxygen atoms in total. The summed E-state index contributed by atoms with van der Waals surface area (Å²) in [5.74, 6) is -0.753. The van der Waals surface area contributed by atoms with Gasteiger partial charge in [0.1, 0.15) is 17.3 Å². The molecule has 0 spiro atoms. The summed E-state index contributed by atoms with van der Waals surface area (Å²) >= 11 is 0. The Kier molecular flexibility index (Phi) is 5.60. The Bertz CT molecular complexity index is 837. The van der Waals surface area contributed by atoms with Crippen LogP contribution in [-0.2, 0) is 11.2 Å². The van der Waals surface area contributed by atoms with Crippen LogP contribution in [0.15, 0.2) is 30.3 Å². The predicted octanol–water partition coefficient (Wildman–Crippen LogP) is 3.54. The van der Waals surface area contributed by atoms with E-state index >= 15 is 0 Å². The minimum atomic E-state index is -0.794. The number of para-hydroxylation sites is 1. The number of fused-ring (bicyclic) bond motifs is 1. The van der Waals surface area contributed by atoms with E-state index in [4.69, 9.17) is 9.47 Å². The molecule has 2 aromatic rings. The first-order valence-corrected chi connectivity index (χ1v) is 8.67. The highest BCUT2D eigenvalue weighted by Crippen LogP contribution is 2.37. The Hall–Kier alpha value is -2.67. The number of benzene rings is 2. The fraction of sp³-hybridized carbons (Fsp3) is 0.350. The van der Waals surface area contributed by atoms with Gasteiger partial charge in [0.05, 0.1) is 20.8 Å². The van der Waals surface area contributed by atoms with Crippen LogP contribution < -0.4 is 14.8 Å². The molecule has 2 aromatic carbocycles. The van der Waals surface area contributed by atoms with Gasteiger partial charge in [0.15, 0.2) is 11.5 Å². The lowest BCUT2D eigenvalue weighted by Gasteiger charge is -2.35. The standard InChI is InChI=1S/C20H22F2N2O3/c1-12-14-10-18(27-3)17(26-2)9-13(14)7-8-24(12)11-19(25)23-20-15(21)5-4-6-16(20)22/h4-6,9-10,12H,7-8,11H2,1-3H3,(H,23,25)/t12-/m1/s1. The van der Waals surface area contributed by atoms with Crippen LogP contribution in [0.3, 0.4) is 0 Å². The van der Waals surface area contributed by atoms with Crippen molar-refractivity contribution in [3.05, 3.63) is 53.1 Å². The van der Waals surface area contributed by atoms with Crippen molar-refractivity contribution >= 4 is 11.6 Å². The number of carbonyl (C=O) groups is 1. The number of halogens is 2. The van der Waals surface area contributed by atoms with Crippen molar-refractivity contribution in [2.45, 2.75) is 19.4 Å². The van der Waals surface area contributed by atoms with Gasteiger partial charge in [-0.3, -0.25) is 9.69 Å². The molecule has 144 valence electrons. The maximum Gasteiger partial charge on any atom is 0.238 e. The monoisotopic (exact) mass is 376 g/mol. The minimum absolute atomic E-state index is 0.0305. The highest BCUT2D eigenvalue weighted by atomic mass is 19.1. The molecular weight excluding hydrogens is 354 g/mol. The molecule has 0 aromatic heterocycles. The molecule has 0 radical (unpaired) electrons. The van der Waals surface area contributed by atoms with Crippen molar-refractivity contribution < 1.29 is 23.0 Å². The third-order valence-electron chi connectivity index (χ3n) is 4.89. The summed E-state index contributed by atoms with van der Waals surface area (Å²) in [4.78, 5) is 14.3. The highest BCUT2D eigenvalue weighted by Gasteiger charge is 2.27. The smallest absolute Gasteiger partial charge is 0.238 e. The Morgan fingerprint density at radius 1 is 1.19 bits per heavy atom. The number of rotatable bonds is 5. The number of nitrogens with zero attached hydrogens (tertiary/aromatic N) is 1. The Morgan fingerprint density at radius 2 is 1.81 bits per heavy atom. The summed E-state index contributed by atoms with van der Waals surface area (Å²) < 4.78 is 38.2. The van der Waals surface area contributed by atoms with E-state index < -0.39 is 23.2 Å². The van der Waals surface area contributed by atoms with E-state index in [-0.39, 0.29) is 12.6 Å². The van der Waals surface area contributed by atoms with Crippen molar-refractivity contribution in [3.8, 4) is 11.5 Å². The van der Waals surface area contributed by atoms with Crippen LogP contribution in [-0.4, -0.2) is 38.1 Å². The number of hydrogen-bond donors (Lipinski definition) is 1. The summed E-state index contributed by atoms with van der Waals surface area (Å²) in [7, 11) is 3.17. The van der Waals surface area contributed by atoms with E-state index in [1.54, 1.807) is 14.2 Å². The molecule has 7 heteroatoms. The van der Waals surface area contributed by atoms with Gasteiger partial charge in [0.25, 0.3) is 0 Å². The Balaban J connectivity index is 1.75. The number of ether oxygens (including phenoxy) is 2. The SMILES string of the molecule is COc1cc2c(cc1OC)[C@@H](C)N(CC(=O)Nc1c(F)cccc1F)CC2. The van der Waals surface area contributed by atoms with Crippen LogP contribution in [0.25, 0.3) is 0 Å². The third-order valence-corrected chi connectivity index (χ3v) is 4.89. The van der Waals surface area contributed by atoms with Crippen LogP contribution in [0, 0.1) is 11.6 Å². The average molecular weight is 376 g/mol. The fourth-order valence-electron chi connectivity index (χ4n) is 3.39. The van der Waals surface area contributed by atoms with Gasteiger partial charge in [-0.2, -0.15) is 0 Å². The van der Waals surface area contributed by atoms with Crippen molar-refractivity contribution in [2.24, 2.45) is 0 Å². The summed E-state index contributed by atoms with van der Waals surface area (Å²) in [5, 5.41) is 2.34. The van der Waals surface area contributed by atoms with Crippen LogP contribution in [0.4, 0.5) is 14.5 Å². The zero-order valence-electron chi connectivity index (χ0n) is 15.5. The zero-order chi connectivity index (χ0) is 19.6. The molecule has 3 rings (SSSR count). The molecule has 0 unspecified atom stereocenters. The summed E-state index contributed by atoms with van der Waals surface area (Å²) in [6.07, 6.45) is 0.737. The van der Waals surface area contributed by atoms with Crippen LogP contribution in [0.5, 0.6) is 11.5 Å². The van der Waals surface area contributed by atoms with Gasteiger partial charge < -0.3 is 14.8 Å². The van der Waals surface area contributed by atoms with Crippen LogP contribution >= 0.6 is 0 Å². The maximum absolute atomic E-state index is 13.7. The van der Waals surface area contributed by atoms with Gasteiger partial charge in [-0.15, -0.1) is 0 Å². The van der Waals surface area contributed by atoms with E-state index in [0.29, 0.717) is 18.0 Å². The predicted molar refractivity (Wildman–Crippen MR) is 98.2 cm³/mol. The molecule has 27 heavy (non-hydrogen) atoms. The van der Waals surface area contributed by atoms with Crippen LogP contribution in [0.1, 0.15) is 24.1 Å². The second-order valence-corrected chi connectivity index (χ2v) is 6.45. The van der Waals surface area contributed by atoms with Crippen molar-refractivity contribution in [2.75, 3.05) is 32.6 Å². The molecule has 1 amide bonds. The topological polar surface area (TPSA) is 50.8 Å². The number of nitrogens with one attached hydrogen (secondary N) is 1. The van der Waals surface area contributed by atoms with E-state index in [0.717, 1.165) is 29.7 Å². The molecule has 0 fully saturated rings. The lowest BCUT2D eigenvalue weighted by molar-refractivity contribution is -0.118. The first-order valence-electron chi connectivity index (χ1n) is 8.67. The first kappa shape index (κ1) is 19.1. The quantitative estimate of drug-likeness (QED) is 0.867. The maximum atomic E-state index is 13.7. The van der Waals surface area contributed by atoms with Gasteiger partial charge in [0, 0.05) is 12.6 Å². The van der Waals surface area contributed by atoms with E-state index in [2.05, 4.69) is 5.32 Å². The summed E-state index contributed by atoms with van der Waals surface area (Å²) in [5.41, 5.74) is 1.76. The third kappa shape index (κ3) is 3.88. The van der Waals surface area contributed by atoms with Gasteiger partial charge in [-0.1, -0.05) is 6.07 Å². The molecular formula is C20H22F2N2O3. The van der Waals surface area contributed by atoms with Gasteiger partial charge in [-0.05, 0) is 48.7 Å². The molecule has 1 aliphatic rings. The lowest BCUT2D eigenvalue weighted by Crippen LogP contribution is -2.39. The zero-order valence-corrected chi connectivity index (χ0v) is 15.5. The number of methoxy groups -OCH3 is 2. The molecule has 1 N–H and O–H groups in total. The second kappa shape index (κ2) is 7.92. The highest BCUT2D eigenvalue weighted by molar-refractivity contribution is 5.92. The normalized spacial score (nSPS) is 16.6. The molecule has 1 heterocycles. The Labute approximate surface area is 156 Å². The molecule has 1 aliphatic heterocycles. The van der Waals surface area contributed by atoms with Crippen molar-refractivity contribution in [1.82, 2.24) is 4.90 Å². The number of hydrogen-bond acceptors (Lipinski definition) is 4. The van der Waals surface area contributed by atoms with Gasteiger partial charge in [-0.25, -0.2) is 8.78 Å². The summed E-state index contributed by atoms with van der Waals surface area (Å²) in [6, 6.07) is 7.29. The second-order valence-electron chi connectivity index (χ2n) is 6.45. The molecule has 0 bridgehead atoms. The average Bonchev–Trinajstić information content (AvgIpc) is 2.66. The molecule has 1 atom stereocenters. The number of carbonyl (C=O) groups excluding carboxylic acids is 1. The number of anilines is 1.